The number of hydrogen-bond acceptors (Lipinski definition) is 5. The first-order valence-electron chi connectivity index (χ1n) is 4.91. The molecule has 7 nitrogen and oxygen atoms in total. The van der Waals surface area contributed by atoms with Crippen LogP contribution in [0.1, 0.15) is 17.3 Å². The van der Waals surface area contributed by atoms with Crippen LogP contribution in [0.4, 0.5) is 0 Å². The quantitative estimate of drug-likeness (QED) is 0.712. The van der Waals surface area contributed by atoms with Gasteiger partial charge < -0.3 is 9.72 Å². The van der Waals surface area contributed by atoms with E-state index in [0.29, 0.717) is 0 Å². The first-order valence-corrected chi connectivity index (χ1v) is 4.91. The monoisotopic (exact) mass is 235 g/mol. The summed E-state index contributed by atoms with van der Waals surface area (Å²) in [5.74, 6) is -0.789. The lowest BCUT2D eigenvalue weighted by molar-refractivity contribution is 0.0523. The van der Waals surface area contributed by atoms with Crippen LogP contribution in [0.2, 0.25) is 0 Å². The lowest BCUT2D eigenvalue weighted by atomic mass is 10.3. The summed E-state index contributed by atoms with van der Waals surface area (Å²) in [5.41, 5.74) is -1.48. The maximum absolute atomic E-state index is 11.9. The minimum Gasteiger partial charge on any atom is -0.462 e. The van der Waals surface area contributed by atoms with Crippen molar-refractivity contribution in [2.75, 3.05) is 6.61 Å². The minimum atomic E-state index is -0.789. The highest BCUT2D eigenvalue weighted by molar-refractivity contribution is 5.88. The van der Waals surface area contributed by atoms with E-state index >= 15 is 0 Å². The molecule has 7 heteroatoms. The standard InChI is InChI=1S/C10H9N3O4/c1-2-17-9(15)6-5-12-7-3-4-11-10(16)13(7)8(6)14/h3-5H,2H2,1H3,(H,11,16). The summed E-state index contributed by atoms with van der Waals surface area (Å²) in [6.45, 7) is 1.77. The van der Waals surface area contributed by atoms with Crippen LogP contribution >= 0.6 is 0 Å². The van der Waals surface area contributed by atoms with E-state index in [1.165, 1.54) is 12.3 Å². The number of carbonyl (C=O) groups excluding carboxylic acids is 1. The van der Waals surface area contributed by atoms with E-state index in [1.54, 1.807) is 6.92 Å². The molecule has 0 saturated heterocycles. The smallest absolute Gasteiger partial charge is 0.345 e. The fourth-order valence-corrected chi connectivity index (χ4v) is 1.38. The molecule has 2 heterocycles. The van der Waals surface area contributed by atoms with Crippen molar-refractivity contribution >= 4 is 11.6 Å². The van der Waals surface area contributed by atoms with E-state index < -0.39 is 17.2 Å². The predicted molar refractivity (Wildman–Crippen MR) is 58.0 cm³/mol. The molecule has 2 aromatic rings. The second-order valence-electron chi connectivity index (χ2n) is 3.17. The highest BCUT2D eigenvalue weighted by atomic mass is 16.5. The van der Waals surface area contributed by atoms with Crippen LogP contribution in [0.25, 0.3) is 5.65 Å². The van der Waals surface area contributed by atoms with Crippen LogP contribution < -0.4 is 11.2 Å². The fraction of sp³-hybridized carbons (Fsp3) is 0.200. The van der Waals surface area contributed by atoms with Gasteiger partial charge in [-0.3, -0.25) is 4.79 Å². The predicted octanol–water partition coefficient (Wildman–Crippen LogP) is -0.441. The van der Waals surface area contributed by atoms with Gasteiger partial charge in [0.1, 0.15) is 11.2 Å². The van der Waals surface area contributed by atoms with Gasteiger partial charge in [-0.2, -0.15) is 0 Å². The highest BCUT2D eigenvalue weighted by Crippen LogP contribution is 1.96. The van der Waals surface area contributed by atoms with Crippen molar-refractivity contribution < 1.29 is 9.53 Å². The number of aromatic amines is 1. The number of aromatic nitrogens is 3. The minimum absolute atomic E-state index is 0.145. The zero-order valence-electron chi connectivity index (χ0n) is 8.97. The van der Waals surface area contributed by atoms with Crippen LogP contribution in [0.3, 0.4) is 0 Å². The van der Waals surface area contributed by atoms with Gasteiger partial charge in [0.25, 0.3) is 5.56 Å². The molecule has 0 aliphatic rings. The molecule has 0 saturated carbocycles. The van der Waals surface area contributed by atoms with Crippen molar-refractivity contribution in [3.8, 4) is 0 Å². The van der Waals surface area contributed by atoms with Gasteiger partial charge in [0, 0.05) is 12.4 Å². The van der Waals surface area contributed by atoms with Gasteiger partial charge in [0.05, 0.1) is 6.61 Å². The van der Waals surface area contributed by atoms with Gasteiger partial charge in [-0.15, -0.1) is 0 Å². The van der Waals surface area contributed by atoms with Crippen LogP contribution in [0.5, 0.6) is 0 Å². The largest absolute Gasteiger partial charge is 0.462 e. The number of esters is 1. The summed E-state index contributed by atoms with van der Waals surface area (Å²) in [6, 6.07) is 1.46. The van der Waals surface area contributed by atoms with Gasteiger partial charge in [0.15, 0.2) is 0 Å². The third-order valence-electron chi connectivity index (χ3n) is 2.13. The number of carbonyl (C=O) groups is 1. The molecule has 0 aliphatic carbocycles. The van der Waals surface area contributed by atoms with Crippen molar-refractivity contribution in [2.24, 2.45) is 0 Å². The molecule has 88 valence electrons. The molecule has 0 bridgehead atoms. The summed E-state index contributed by atoms with van der Waals surface area (Å²) in [6.07, 6.45) is 2.48. The Morgan fingerprint density at radius 1 is 1.53 bits per heavy atom. The average molecular weight is 235 g/mol. The molecule has 2 rings (SSSR count). The number of fused-ring (bicyclic) bond motifs is 1. The van der Waals surface area contributed by atoms with Crippen molar-refractivity contribution in [1.29, 1.82) is 0 Å². The number of ether oxygens (including phenoxy) is 1. The first kappa shape index (κ1) is 11.1. The maximum Gasteiger partial charge on any atom is 0.345 e. The molecule has 17 heavy (non-hydrogen) atoms. The van der Waals surface area contributed by atoms with E-state index in [2.05, 4.69) is 9.97 Å². The molecule has 0 aliphatic heterocycles. The molecular weight excluding hydrogens is 226 g/mol. The van der Waals surface area contributed by atoms with Crippen LogP contribution in [-0.4, -0.2) is 26.9 Å². The zero-order valence-corrected chi connectivity index (χ0v) is 8.97. The molecule has 0 amide bonds. The van der Waals surface area contributed by atoms with Gasteiger partial charge in [0.2, 0.25) is 0 Å². The van der Waals surface area contributed by atoms with Crippen molar-refractivity contribution in [3.05, 3.63) is 44.9 Å². The van der Waals surface area contributed by atoms with Crippen LogP contribution in [0, 0.1) is 0 Å². The molecule has 0 fully saturated rings. The van der Waals surface area contributed by atoms with Crippen LogP contribution in [-0.2, 0) is 4.74 Å². The third-order valence-corrected chi connectivity index (χ3v) is 2.13. The number of nitrogens with zero attached hydrogens (tertiary/aromatic N) is 2. The summed E-state index contributed by atoms with van der Waals surface area (Å²) >= 11 is 0. The molecule has 2 aromatic heterocycles. The van der Waals surface area contributed by atoms with Crippen molar-refractivity contribution in [2.45, 2.75) is 6.92 Å². The Bertz CT molecular complexity index is 686. The van der Waals surface area contributed by atoms with E-state index in [0.717, 1.165) is 10.6 Å². The fourth-order valence-electron chi connectivity index (χ4n) is 1.38. The molecule has 0 radical (unpaired) electrons. The van der Waals surface area contributed by atoms with Gasteiger partial charge >= 0.3 is 11.7 Å². The van der Waals surface area contributed by atoms with Crippen molar-refractivity contribution in [1.82, 2.24) is 14.4 Å². The van der Waals surface area contributed by atoms with E-state index in [9.17, 15) is 14.4 Å². The van der Waals surface area contributed by atoms with E-state index in [-0.39, 0.29) is 17.8 Å². The molecule has 0 atom stereocenters. The SMILES string of the molecule is CCOC(=O)c1cnc2cc[nH]c(=O)n2c1=O. The molecule has 0 unspecified atom stereocenters. The summed E-state index contributed by atoms with van der Waals surface area (Å²) in [7, 11) is 0. The Labute approximate surface area is 94.7 Å². The Morgan fingerprint density at radius 2 is 2.29 bits per heavy atom. The Hall–Kier alpha value is -2.44. The zero-order chi connectivity index (χ0) is 12.4. The Balaban J connectivity index is 2.74. The summed E-state index contributed by atoms with van der Waals surface area (Å²) in [4.78, 5) is 40.9. The lowest BCUT2D eigenvalue weighted by Gasteiger charge is -2.02. The van der Waals surface area contributed by atoms with E-state index in [4.69, 9.17) is 4.74 Å². The first-order chi connectivity index (χ1) is 8.15. The topological polar surface area (TPSA) is 93.5 Å². The Kier molecular flexibility index (Phi) is 2.73. The summed E-state index contributed by atoms with van der Waals surface area (Å²) < 4.78 is 5.48. The maximum atomic E-state index is 11.9. The number of hydrogen-bond donors (Lipinski definition) is 1. The molecule has 0 aromatic carbocycles. The average Bonchev–Trinajstić information content (AvgIpc) is 2.29. The van der Waals surface area contributed by atoms with Crippen LogP contribution in [0.15, 0.2) is 28.0 Å². The second kappa shape index (κ2) is 4.20. The third kappa shape index (κ3) is 1.82. The van der Waals surface area contributed by atoms with Gasteiger partial charge in [-0.25, -0.2) is 19.0 Å². The Morgan fingerprint density at radius 3 is 3.00 bits per heavy atom. The normalized spacial score (nSPS) is 10.4. The highest BCUT2D eigenvalue weighted by Gasteiger charge is 2.15. The van der Waals surface area contributed by atoms with Gasteiger partial charge in [-0.1, -0.05) is 0 Å². The van der Waals surface area contributed by atoms with Gasteiger partial charge in [-0.05, 0) is 13.0 Å². The molecule has 1 N–H and O–H groups in total. The molecule has 0 spiro atoms. The second-order valence-corrected chi connectivity index (χ2v) is 3.17. The molecular formula is C10H9N3O4. The summed E-state index contributed by atoms with van der Waals surface area (Å²) in [5, 5.41) is 0. The number of rotatable bonds is 2. The number of H-pyrrole nitrogens is 1. The van der Waals surface area contributed by atoms with Crippen molar-refractivity contribution in [3.63, 3.8) is 0 Å². The lowest BCUT2D eigenvalue weighted by Crippen LogP contribution is -2.33. The van der Waals surface area contributed by atoms with E-state index in [1.807, 2.05) is 0 Å². The number of nitrogens with one attached hydrogen (secondary N) is 1.